The Labute approximate surface area is 149 Å². The van der Waals surface area contributed by atoms with E-state index in [-0.39, 0.29) is 24.1 Å². The standard InChI is InChI=1S/C21H28O4/c1-3-17-13-18(10-6-7-14(2)22)25-21(24-17)19-11-15-8-4-5-9-16(15)12-20(19)23/h4-5,8-9,11-12,14,17-18,21-23H,3,6-7,10,13H2,1-2H3/t14-,17?,18?,21?/m0/s1. The highest BCUT2D eigenvalue weighted by Crippen LogP contribution is 2.38. The van der Waals surface area contributed by atoms with Crippen molar-refractivity contribution >= 4 is 10.8 Å². The Morgan fingerprint density at radius 3 is 2.48 bits per heavy atom. The highest BCUT2D eigenvalue weighted by molar-refractivity contribution is 5.84. The Kier molecular flexibility index (Phi) is 5.94. The molecular weight excluding hydrogens is 316 g/mol. The number of ether oxygens (including phenoxy) is 2. The molecule has 1 fully saturated rings. The van der Waals surface area contributed by atoms with Crippen LogP contribution in [0, 0.1) is 0 Å². The maximum absolute atomic E-state index is 10.5. The first-order valence-corrected chi connectivity index (χ1v) is 9.27. The molecule has 0 aromatic heterocycles. The summed E-state index contributed by atoms with van der Waals surface area (Å²) in [5.41, 5.74) is 0.692. The quantitative estimate of drug-likeness (QED) is 0.799. The molecule has 1 heterocycles. The van der Waals surface area contributed by atoms with Crippen molar-refractivity contribution in [2.24, 2.45) is 0 Å². The normalized spacial score (nSPS) is 25.2. The molecule has 0 bridgehead atoms. The third-order valence-corrected chi connectivity index (χ3v) is 4.91. The maximum atomic E-state index is 10.5. The van der Waals surface area contributed by atoms with Gasteiger partial charge in [-0.25, -0.2) is 0 Å². The van der Waals surface area contributed by atoms with Crippen molar-refractivity contribution in [2.45, 2.75) is 70.6 Å². The number of aliphatic hydroxyl groups is 1. The number of rotatable bonds is 6. The third kappa shape index (κ3) is 4.51. The fraction of sp³-hybridized carbons (Fsp3) is 0.524. The van der Waals surface area contributed by atoms with E-state index in [0.717, 1.165) is 42.9 Å². The second kappa shape index (κ2) is 8.17. The Morgan fingerprint density at radius 1 is 1.12 bits per heavy atom. The molecule has 2 N–H and O–H groups in total. The predicted molar refractivity (Wildman–Crippen MR) is 98.5 cm³/mol. The van der Waals surface area contributed by atoms with Crippen molar-refractivity contribution in [3.8, 4) is 5.75 Å². The number of phenolic OH excluding ortho intramolecular Hbond substituents is 1. The van der Waals surface area contributed by atoms with Gasteiger partial charge in [0.05, 0.1) is 23.9 Å². The first-order chi connectivity index (χ1) is 12.1. The zero-order chi connectivity index (χ0) is 17.8. The average Bonchev–Trinajstić information content (AvgIpc) is 2.60. The van der Waals surface area contributed by atoms with Crippen molar-refractivity contribution in [2.75, 3.05) is 0 Å². The summed E-state index contributed by atoms with van der Waals surface area (Å²) in [5.74, 6) is 0.211. The minimum Gasteiger partial charge on any atom is -0.507 e. The third-order valence-electron chi connectivity index (χ3n) is 4.91. The SMILES string of the molecule is CCC1CC(CCC[C@H](C)O)OC(c2cc3ccccc3cc2O)O1. The van der Waals surface area contributed by atoms with E-state index in [4.69, 9.17) is 9.47 Å². The van der Waals surface area contributed by atoms with Crippen LogP contribution in [-0.2, 0) is 9.47 Å². The van der Waals surface area contributed by atoms with E-state index >= 15 is 0 Å². The van der Waals surface area contributed by atoms with Gasteiger partial charge in [-0.15, -0.1) is 0 Å². The van der Waals surface area contributed by atoms with E-state index in [9.17, 15) is 10.2 Å². The Balaban J connectivity index is 1.78. The van der Waals surface area contributed by atoms with Gasteiger partial charge < -0.3 is 19.7 Å². The largest absolute Gasteiger partial charge is 0.507 e. The van der Waals surface area contributed by atoms with Crippen molar-refractivity contribution < 1.29 is 19.7 Å². The summed E-state index contributed by atoms with van der Waals surface area (Å²) in [6, 6.07) is 11.7. The Hall–Kier alpha value is -1.62. The van der Waals surface area contributed by atoms with E-state index in [1.165, 1.54) is 0 Å². The van der Waals surface area contributed by atoms with Gasteiger partial charge in [-0.2, -0.15) is 0 Å². The molecule has 0 aliphatic carbocycles. The number of phenols is 1. The van der Waals surface area contributed by atoms with Gasteiger partial charge in [0.1, 0.15) is 5.75 Å². The summed E-state index contributed by atoms with van der Waals surface area (Å²) < 4.78 is 12.2. The molecule has 2 aromatic carbocycles. The van der Waals surface area contributed by atoms with E-state index in [0.29, 0.717) is 5.56 Å². The van der Waals surface area contributed by atoms with E-state index in [2.05, 4.69) is 6.92 Å². The molecule has 25 heavy (non-hydrogen) atoms. The summed E-state index contributed by atoms with van der Waals surface area (Å²) in [7, 11) is 0. The predicted octanol–water partition coefficient (Wildman–Crippen LogP) is 4.68. The van der Waals surface area contributed by atoms with Gasteiger partial charge in [-0.3, -0.25) is 0 Å². The molecule has 1 aliphatic heterocycles. The Bertz CT molecular complexity index is 697. The molecule has 3 unspecified atom stereocenters. The number of aliphatic hydroxyl groups excluding tert-OH is 1. The van der Waals surface area contributed by atoms with Gasteiger partial charge in [0.15, 0.2) is 6.29 Å². The van der Waals surface area contributed by atoms with Gasteiger partial charge in [-0.05, 0) is 55.5 Å². The van der Waals surface area contributed by atoms with Crippen LogP contribution in [0.2, 0.25) is 0 Å². The first kappa shape index (κ1) is 18.2. The summed E-state index contributed by atoms with van der Waals surface area (Å²) in [4.78, 5) is 0. The number of hydrogen-bond acceptors (Lipinski definition) is 4. The van der Waals surface area contributed by atoms with Crippen LogP contribution < -0.4 is 0 Å². The minimum atomic E-state index is -0.542. The molecule has 136 valence electrons. The van der Waals surface area contributed by atoms with Crippen LogP contribution in [0.25, 0.3) is 10.8 Å². The summed E-state index contributed by atoms with van der Waals surface area (Å²) in [6.07, 6.45) is 3.78. The van der Waals surface area contributed by atoms with Crippen molar-refractivity contribution in [3.63, 3.8) is 0 Å². The Morgan fingerprint density at radius 2 is 1.80 bits per heavy atom. The number of aromatic hydroxyl groups is 1. The first-order valence-electron chi connectivity index (χ1n) is 9.27. The van der Waals surface area contributed by atoms with Crippen molar-refractivity contribution in [3.05, 3.63) is 42.0 Å². The van der Waals surface area contributed by atoms with Gasteiger partial charge in [0.25, 0.3) is 0 Å². The van der Waals surface area contributed by atoms with Gasteiger partial charge in [0, 0.05) is 6.42 Å². The molecule has 4 nitrogen and oxygen atoms in total. The monoisotopic (exact) mass is 344 g/mol. The highest BCUT2D eigenvalue weighted by atomic mass is 16.7. The smallest absolute Gasteiger partial charge is 0.188 e. The second-order valence-electron chi connectivity index (χ2n) is 7.03. The molecule has 4 heteroatoms. The average molecular weight is 344 g/mol. The molecule has 3 rings (SSSR count). The fourth-order valence-corrected chi connectivity index (χ4v) is 3.46. The van der Waals surface area contributed by atoms with Crippen LogP contribution in [0.4, 0.5) is 0 Å². The van der Waals surface area contributed by atoms with Crippen molar-refractivity contribution in [1.29, 1.82) is 0 Å². The van der Waals surface area contributed by atoms with E-state index in [1.54, 1.807) is 6.07 Å². The highest BCUT2D eigenvalue weighted by Gasteiger charge is 2.31. The number of fused-ring (bicyclic) bond motifs is 1. The molecule has 1 aliphatic rings. The molecule has 4 atom stereocenters. The van der Waals surface area contributed by atoms with Gasteiger partial charge in [-0.1, -0.05) is 31.2 Å². The van der Waals surface area contributed by atoms with E-state index < -0.39 is 6.29 Å². The van der Waals surface area contributed by atoms with Crippen LogP contribution in [0.1, 0.15) is 57.8 Å². The van der Waals surface area contributed by atoms with Crippen LogP contribution in [0.5, 0.6) is 5.75 Å². The lowest BCUT2D eigenvalue weighted by Gasteiger charge is -2.36. The van der Waals surface area contributed by atoms with Crippen LogP contribution in [-0.4, -0.2) is 28.5 Å². The zero-order valence-electron chi connectivity index (χ0n) is 15.0. The molecule has 0 saturated carbocycles. The van der Waals surface area contributed by atoms with Crippen LogP contribution >= 0.6 is 0 Å². The molecule has 0 radical (unpaired) electrons. The maximum Gasteiger partial charge on any atom is 0.188 e. The molecular formula is C21H28O4. The molecule has 2 aromatic rings. The lowest BCUT2D eigenvalue weighted by Crippen LogP contribution is -2.33. The molecule has 0 spiro atoms. The topological polar surface area (TPSA) is 58.9 Å². The zero-order valence-corrected chi connectivity index (χ0v) is 15.0. The van der Waals surface area contributed by atoms with E-state index in [1.807, 2.05) is 37.3 Å². The molecule has 1 saturated heterocycles. The summed E-state index contributed by atoms with van der Waals surface area (Å²) in [6.45, 7) is 3.93. The lowest BCUT2D eigenvalue weighted by molar-refractivity contribution is -0.249. The van der Waals surface area contributed by atoms with Gasteiger partial charge in [0.2, 0.25) is 0 Å². The lowest BCUT2D eigenvalue weighted by atomic mass is 10.00. The van der Waals surface area contributed by atoms with Gasteiger partial charge >= 0.3 is 0 Å². The minimum absolute atomic E-state index is 0.0910. The number of benzene rings is 2. The summed E-state index contributed by atoms with van der Waals surface area (Å²) >= 11 is 0. The van der Waals surface area contributed by atoms with Crippen LogP contribution in [0.3, 0.4) is 0 Å². The fourth-order valence-electron chi connectivity index (χ4n) is 3.46. The van der Waals surface area contributed by atoms with Crippen LogP contribution in [0.15, 0.2) is 36.4 Å². The number of hydrogen-bond donors (Lipinski definition) is 2. The second-order valence-corrected chi connectivity index (χ2v) is 7.03. The summed E-state index contributed by atoms with van der Waals surface area (Å²) in [5, 5.41) is 22.0. The molecule has 0 amide bonds. The van der Waals surface area contributed by atoms with Crippen molar-refractivity contribution in [1.82, 2.24) is 0 Å².